The van der Waals surface area contributed by atoms with Gasteiger partial charge in [-0.2, -0.15) is 0 Å². The first kappa shape index (κ1) is 19.1. The second-order valence-corrected chi connectivity index (χ2v) is 7.65. The molecule has 0 aromatic heterocycles. The van der Waals surface area contributed by atoms with E-state index in [4.69, 9.17) is 0 Å². The van der Waals surface area contributed by atoms with Crippen LogP contribution in [0.25, 0.3) is 0 Å². The molecule has 0 aliphatic carbocycles. The molecule has 2 aliphatic heterocycles. The number of imide groups is 1. The molecule has 1 fully saturated rings. The van der Waals surface area contributed by atoms with E-state index in [1.165, 1.54) is 43.4 Å². The summed E-state index contributed by atoms with van der Waals surface area (Å²) in [6, 6.07) is -0.731. The van der Waals surface area contributed by atoms with Gasteiger partial charge in [0.1, 0.15) is 0 Å². The highest BCUT2D eigenvalue weighted by atomic mass is 32.2. The van der Waals surface area contributed by atoms with Crippen LogP contribution in [0.2, 0.25) is 0 Å². The van der Waals surface area contributed by atoms with E-state index >= 15 is 0 Å². The predicted molar refractivity (Wildman–Crippen MR) is 99.1 cm³/mol. The maximum absolute atomic E-state index is 12.3. The lowest BCUT2D eigenvalue weighted by molar-refractivity contribution is -0.127. The van der Waals surface area contributed by atoms with Crippen LogP contribution in [-0.2, 0) is 4.79 Å². The highest BCUT2D eigenvalue weighted by Gasteiger charge is 2.48. The molecule has 0 saturated carbocycles. The van der Waals surface area contributed by atoms with Crippen molar-refractivity contribution in [3.63, 3.8) is 0 Å². The molecule has 2 rings (SSSR count). The normalized spacial score (nSPS) is 23.4. The summed E-state index contributed by atoms with van der Waals surface area (Å²) in [7, 11) is 1.70. The molecular formula is C17H30N4O2S. The lowest BCUT2D eigenvalue weighted by Crippen LogP contribution is -2.63. The fourth-order valence-electron chi connectivity index (χ4n) is 3.22. The van der Waals surface area contributed by atoms with Crippen molar-refractivity contribution in [3.05, 3.63) is 0 Å². The Morgan fingerprint density at radius 2 is 1.75 bits per heavy atom. The number of unbranched alkanes of at least 4 members (excludes halogenated alkanes) is 6. The van der Waals surface area contributed by atoms with Gasteiger partial charge in [0.2, 0.25) is 0 Å². The summed E-state index contributed by atoms with van der Waals surface area (Å²) in [5, 5.41) is 3.34. The lowest BCUT2D eigenvalue weighted by Gasteiger charge is -2.36. The Hall–Kier alpha value is -1.24. The van der Waals surface area contributed by atoms with Gasteiger partial charge in [-0.15, -0.1) is 0 Å². The number of thioether (sulfide) groups is 1. The Balaban J connectivity index is 1.90. The van der Waals surface area contributed by atoms with Crippen LogP contribution in [0.3, 0.4) is 0 Å². The number of nitrogens with zero attached hydrogens (tertiary/aromatic N) is 3. The van der Waals surface area contributed by atoms with Crippen LogP contribution >= 0.6 is 11.8 Å². The van der Waals surface area contributed by atoms with Crippen molar-refractivity contribution >= 4 is 28.9 Å². The molecule has 0 aromatic rings. The number of fused-ring (bicyclic) bond motifs is 1. The number of nitrogens with one attached hydrogen (secondary N) is 1. The van der Waals surface area contributed by atoms with Crippen molar-refractivity contribution in [3.8, 4) is 0 Å². The van der Waals surface area contributed by atoms with Crippen molar-refractivity contribution in [1.29, 1.82) is 0 Å². The van der Waals surface area contributed by atoms with Crippen LogP contribution in [0.15, 0.2) is 4.99 Å². The number of hydrogen-bond acceptors (Lipinski definition) is 5. The molecule has 2 heterocycles. The molecule has 3 amide bonds. The van der Waals surface area contributed by atoms with E-state index in [0.29, 0.717) is 0 Å². The summed E-state index contributed by atoms with van der Waals surface area (Å²) in [5.74, 6) is 0.687. The van der Waals surface area contributed by atoms with Crippen LogP contribution in [0, 0.1) is 0 Å². The fraction of sp³-hybridized carbons (Fsp3) is 0.824. The Bertz CT molecular complexity index is 483. The minimum atomic E-state index is -0.384. The van der Waals surface area contributed by atoms with Crippen molar-refractivity contribution in [2.45, 2.75) is 71.0 Å². The van der Waals surface area contributed by atoms with Crippen molar-refractivity contribution in [2.75, 3.05) is 19.3 Å². The van der Waals surface area contributed by atoms with E-state index in [2.05, 4.69) is 29.1 Å². The number of rotatable bonds is 9. The van der Waals surface area contributed by atoms with E-state index in [1.807, 2.05) is 0 Å². The molecule has 2 aliphatic rings. The first-order valence-electron chi connectivity index (χ1n) is 9.15. The minimum Gasteiger partial charge on any atom is -0.336 e. The second-order valence-electron chi connectivity index (χ2n) is 6.42. The molecule has 24 heavy (non-hydrogen) atoms. The highest BCUT2D eigenvalue weighted by Crippen LogP contribution is 2.28. The molecule has 0 bridgehead atoms. The molecule has 0 spiro atoms. The zero-order valence-electron chi connectivity index (χ0n) is 15.1. The Morgan fingerprint density at radius 1 is 1.08 bits per heavy atom. The molecule has 1 N–H and O–H groups in total. The number of amidine groups is 1. The van der Waals surface area contributed by atoms with Crippen LogP contribution in [0.1, 0.15) is 58.8 Å². The third-order valence-corrected chi connectivity index (χ3v) is 5.49. The van der Waals surface area contributed by atoms with E-state index in [9.17, 15) is 9.59 Å². The smallest absolute Gasteiger partial charge is 0.325 e. The molecule has 0 aromatic carbocycles. The maximum atomic E-state index is 12.3. The topological polar surface area (TPSA) is 65.0 Å². The summed E-state index contributed by atoms with van der Waals surface area (Å²) in [5.41, 5.74) is 0. The largest absolute Gasteiger partial charge is 0.336 e. The fourth-order valence-corrected chi connectivity index (χ4v) is 4.04. The van der Waals surface area contributed by atoms with Crippen molar-refractivity contribution in [1.82, 2.24) is 15.1 Å². The molecular weight excluding hydrogens is 324 g/mol. The third kappa shape index (κ3) is 4.43. The predicted octanol–water partition coefficient (Wildman–Crippen LogP) is 3.04. The van der Waals surface area contributed by atoms with Gasteiger partial charge in [-0.25, -0.2) is 9.79 Å². The minimum absolute atomic E-state index is 0.221. The number of aliphatic imine (C=N–C) groups is 1. The molecule has 2 unspecified atom stereocenters. The van der Waals surface area contributed by atoms with Gasteiger partial charge in [-0.1, -0.05) is 64.1 Å². The molecule has 1 saturated heterocycles. The van der Waals surface area contributed by atoms with E-state index in [1.54, 1.807) is 18.8 Å². The number of carbonyl (C=O) groups is 2. The van der Waals surface area contributed by atoms with Crippen molar-refractivity contribution in [2.24, 2.45) is 4.99 Å². The van der Waals surface area contributed by atoms with Crippen LogP contribution in [0.5, 0.6) is 0 Å². The number of likely N-dealkylation sites (N-methyl/N-ethyl adjacent to an activating group) is 1. The quantitative estimate of drug-likeness (QED) is 0.646. The average Bonchev–Trinajstić information content (AvgIpc) is 2.91. The third-order valence-electron chi connectivity index (χ3n) is 4.60. The van der Waals surface area contributed by atoms with E-state index in [-0.39, 0.29) is 24.1 Å². The molecule has 6 nitrogen and oxygen atoms in total. The van der Waals surface area contributed by atoms with Gasteiger partial charge in [0.25, 0.3) is 5.91 Å². The van der Waals surface area contributed by atoms with Gasteiger partial charge in [0.15, 0.2) is 17.4 Å². The van der Waals surface area contributed by atoms with Crippen LogP contribution in [-0.4, -0.2) is 58.5 Å². The number of amides is 3. The first-order valence-corrected chi connectivity index (χ1v) is 10.1. The molecule has 0 radical (unpaired) electrons. The number of urea groups is 1. The average molecular weight is 355 g/mol. The molecule has 7 heteroatoms. The summed E-state index contributed by atoms with van der Waals surface area (Å²) >= 11 is 1.65. The number of hydrogen-bond donors (Lipinski definition) is 1. The standard InChI is InChI=1S/C17H30N4O2S/c1-4-6-7-8-9-10-11-12-21-13-14(18-17(21)24-5-2)20(3)16(23)19-15(13)22/h13-14H,4-12H2,1-3H3,(H,19,22,23). The molecule has 136 valence electrons. The van der Waals surface area contributed by atoms with Crippen LogP contribution < -0.4 is 5.32 Å². The Morgan fingerprint density at radius 3 is 2.42 bits per heavy atom. The van der Waals surface area contributed by atoms with Crippen molar-refractivity contribution < 1.29 is 9.59 Å². The summed E-state index contributed by atoms with van der Waals surface area (Å²) < 4.78 is 0. The van der Waals surface area contributed by atoms with Gasteiger partial charge in [0.05, 0.1) is 0 Å². The van der Waals surface area contributed by atoms with Gasteiger partial charge in [0, 0.05) is 13.6 Å². The zero-order chi connectivity index (χ0) is 17.5. The zero-order valence-corrected chi connectivity index (χ0v) is 15.9. The van der Waals surface area contributed by atoms with Gasteiger partial charge >= 0.3 is 6.03 Å². The van der Waals surface area contributed by atoms with E-state index in [0.717, 1.165) is 23.9 Å². The van der Waals surface area contributed by atoms with Gasteiger partial charge < -0.3 is 9.80 Å². The molecule has 2 atom stereocenters. The second kappa shape index (κ2) is 9.30. The maximum Gasteiger partial charge on any atom is 0.325 e. The monoisotopic (exact) mass is 354 g/mol. The van der Waals surface area contributed by atoms with Gasteiger partial charge in [-0.3, -0.25) is 10.1 Å². The Labute approximate surface area is 149 Å². The highest BCUT2D eigenvalue weighted by molar-refractivity contribution is 8.13. The Kier molecular flexibility index (Phi) is 7.40. The summed E-state index contributed by atoms with van der Waals surface area (Å²) in [6.45, 7) is 5.14. The summed E-state index contributed by atoms with van der Waals surface area (Å²) in [6.07, 6.45) is 8.31. The lowest BCUT2D eigenvalue weighted by atomic mass is 10.1. The first-order chi connectivity index (χ1) is 11.6. The van der Waals surface area contributed by atoms with Gasteiger partial charge in [-0.05, 0) is 12.2 Å². The summed E-state index contributed by atoms with van der Waals surface area (Å²) in [4.78, 5) is 32.4. The SMILES string of the molecule is CCCCCCCCCN1C(SCC)=NC2C1C(=O)NC(=O)N2C. The van der Waals surface area contributed by atoms with Crippen LogP contribution in [0.4, 0.5) is 4.79 Å². The van der Waals surface area contributed by atoms with E-state index < -0.39 is 0 Å². The number of carbonyl (C=O) groups excluding carboxylic acids is 2.